The fraction of sp³-hybridized carbons (Fsp3) is 0.364. The van der Waals surface area contributed by atoms with Crippen LogP contribution in [0.3, 0.4) is 0 Å². The molecule has 1 aromatic heterocycles. The fourth-order valence-corrected chi connectivity index (χ4v) is 1.41. The van der Waals surface area contributed by atoms with E-state index in [2.05, 4.69) is 35.4 Å². The van der Waals surface area contributed by atoms with Gasteiger partial charge in [0.2, 0.25) is 0 Å². The first kappa shape index (κ1) is 10.7. The molecule has 1 rings (SSSR count). The van der Waals surface area contributed by atoms with Gasteiger partial charge in [0.05, 0.1) is 5.54 Å². The van der Waals surface area contributed by atoms with Crippen molar-refractivity contribution in [1.29, 1.82) is 0 Å². The van der Waals surface area contributed by atoms with E-state index in [0.29, 0.717) is 0 Å². The van der Waals surface area contributed by atoms with E-state index in [1.807, 2.05) is 18.3 Å². The Kier molecular flexibility index (Phi) is 3.65. The maximum atomic E-state index is 4.26. The molecule has 76 valence electrons. The van der Waals surface area contributed by atoms with Crippen LogP contribution in [0.4, 0.5) is 0 Å². The van der Waals surface area contributed by atoms with Crippen molar-refractivity contribution in [3.63, 3.8) is 0 Å². The lowest BCUT2D eigenvalue weighted by Gasteiger charge is -2.27. The maximum absolute atomic E-state index is 4.26. The lowest BCUT2D eigenvalue weighted by atomic mass is 9.97. The molecule has 0 radical (unpaired) electrons. The minimum Gasteiger partial charge on any atom is -0.347 e. The highest BCUT2D eigenvalue weighted by Gasteiger charge is 2.26. The molecule has 14 heavy (non-hydrogen) atoms. The molecule has 0 bridgehead atoms. The molecule has 0 saturated carbocycles. The van der Waals surface area contributed by atoms with Crippen LogP contribution in [0.2, 0.25) is 0 Å². The van der Waals surface area contributed by atoms with E-state index in [0.717, 1.165) is 18.8 Å². The lowest BCUT2D eigenvalue weighted by Crippen LogP contribution is -2.40. The Hall–Kier alpha value is -1.35. The molecule has 1 heterocycles. The Morgan fingerprint density at radius 3 is 2.86 bits per heavy atom. The van der Waals surface area contributed by atoms with E-state index in [1.54, 1.807) is 6.20 Å². The highest BCUT2D eigenvalue weighted by Crippen LogP contribution is 2.21. The second kappa shape index (κ2) is 4.77. The molecule has 2 N–H and O–H groups in total. The summed E-state index contributed by atoms with van der Waals surface area (Å²) in [6, 6.07) is 0. The van der Waals surface area contributed by atoms with Gasteiger partial charge in [-0.15, -0.1) is 13.2 Å². The fourth-order valence-electron chi connectivity index (χ4n) is 1.41. The van der Waals surface area contributed by atoms with Crippen LogP contribution in [0.15, 0.2) is 37.7 Å². The van der Waals surface area contributed by atoms with E-state index < -0.39 is 0 Å². The topological polar surface area (TPSA) is 40.7 Å². The average Bonchev–Trinajstić information content (AvgIpc) is 2.68. The summed E-state index contributed by atoms with van der Waals surface area (Å²) in [5.41, 5.74) is -0.181. The molecular formula is C11H17N3. The minimum absolute atomic E-state index is 0.181. The number of aromatic nitrogens is 2. The maximum Gasteiger partial charge on any atom is 0.126 e. The van der Waals surface area contributed by atoms with Crippen molar-refractivity contribution in [2.24, 2.45) is 0 Å². The molecule has 0 spiro atoms. The van der Waals surface area contributed by atoms with E-state index >= 15 is 0 Å². The molecule has 0 unspecified atom stereocenters. The molecule has 1 aromatic rings. The Balaban J connectivity index is 2.80. The lowest BCUT2D eigenvalue weighted by molar-refractivity contribution is 0.368. The van der Waals surface area contributed by atoms with Crippen molar-refractivity contribution in [3.8, 4) is 0 Å². The standard InChI is InChI=1S/C11H17N3/c1-4-6-11(3,14-7-5-2)10-12-8-9-13-10/h4-5,8-9,14H,1-2,6-7H2,3H3,(H,12,13)/t11-/m0/s1. The number of hydrogen-bond acceptors (Lipinski definition) is 2. The van der Waals surface area contributed by atoms with Crippen LogP contribution in [-0.4, -0.2) is 16.5 Å². The molecule has 0 aliphatic rings. The number of rotatable bonds is 6. The zero-order valence-electron chi connectivity index (χ0n) is 8.59. The summed E-state index contributed by atoms with van der Waals surface area (Å²) in [5.74, 6) is 0.930. The van der Waals surface area contributed by atoms with Gasteiger partial charge in [-0.25, -0.2) is 4.98 Å². The highest BCUT2D eigenvalue weighted by molar-refractivity contribution is 5.07. The third-order valence-electron chi connectivity index (χ3n) is 2.21. The first-order chi connectivity index (χ1) is 6.73. The summed E-state index contributed by atoms with van der Waals surface area (Å²) in [6.45, 7) is 10.3. The zero-order chi connectivity index (χ0) is 10.4. The van der Waals surface area contributed by atoms with Gasteiger partial charge in [0, 0.05) is 18.9 Å². The van der Waals surface area contributed by atoms with Crippen LogP contribution in [-0.2, 0) is 5.54 Å². The summed E-state index contributed by atoms with van der Waals surface area (Å²) in [7, 11) is 0. The predicted octanol–water partition coefficient (Wildman–Crippen LogP) is 1.98. The van der Waals surface area contributed by atoms with Gasteiger partial charge in [-0.05, 0) is 13.3 Å². The Morgan fingerprint density at radius 1 is 1.57 bits per heavy atom. The number of nitrogens with zero attached hydrogens (tertiary/aromatic N) is 1. The highest BCUT2D eigenvalue weighted by atomic mass is 15.0. The van der Waals surface area contributed by atoms with E-state index in [9.17, 15) is 0 Å². The molecule has 0 fully saturated rings. The van der Waals surface area contributed by atoms with Gasteiger partial charge in [-0.1, -0.05) is 12.2 Å². The van der Waals surface area contributed by atoms with Gasteiger partial charge in [0.1, 0.15) is 5.82 Å². The van der Waals surface area contributed by atoms with Crippen molar-refractivity contribution >= 4 is 0 Å². The third-order valence-corrected chi connectivity index (χ3v) is 2.21. The Labute approximate surface area is 85.0 Å². The Bertz CT molecular complexity index is 289. The molecule has 3 heteroatoms. The van der Waals surface area contributed by atoms with Crippen LogP contribution in [0, 0.1) is 0 Å². The van der Waals surface area contributed by atoms with Crippen molar-refractivity contribution in [2.75, 3.05) is 6.54 Å². The monoisotopic (exact) mass is 191 g/mol. The van der Waals surface area contributed by atoms with Crippen LogP contribution in [0.5, 0.6) is 0 Å². The first-order valence-corrected chi connectivity index (χ1v) is 4.69. The van der Waals surface area contributed by atoms with E-state index in [1.165, 1.54) is 0 Å². The largest absolute Gasteiger partial charge is 0.347 e. The van der Waals surface area contributed by atoms with Gasteiger partial charge < -0.3 is 10.3 Å². The van der Waals surface area contributed by atoms with Gasteiger partial charge in [-0.2, -0.15) is 0 Å². The van der Waals surface area contributed by atoms with Gasteiger partial charge >= 0.3 is 0 Å². The number of imidazole rings is 1. The molecule has 0 amide bonds. The van der Waals surface area contributed by atoms with E-state index in [4.69, 9.17) is 0 Å². The number of hydrogen-bond donors (Lipinski definition) is 2. The molecule has 0 saturated heterocycles. The van der Waals surface area contributed by atoms with Crippen LogP contribution in [0.1, 0.15) is 19.2 Å². The van der Waals surface area contributed by atoms with E-state index in [-0.39, 0.29) is 5.54 Å². The first-order valence-electron chi connectivity index (χ1n) is 4.69. The van der Waals surface area contributed by atoms with Crippen molar-refractivity contribution < 1.29 is 0 Å². The normalized spacial score (nSPS) is 14.6. The molecule has 0 aliphatic heterocycles. The van der Waals surface area contributed by atoms with Gasteiger partial charge in [-0.3, -0.25) is 0 Å². The summed E-state index contributed by atoms with van der Waals surface area (Å²) >= 11 is 0. The minimum atomic E-state index is -0.181. The average molecular weight is 191 g/mol. The molecular weight excluding hydrogens is 174 g/mol. The molecule has 0 aliphatic carbocycles. The summed E-state index contributed by atoms with van der Waals surface area (Å²) in [6.07, 6.45) is 8.13. The zero-order valence-corrected chi connectivity index (χ0v) is 8.59. The van der Waals surface area contributed by atoms with Gasteiger partial charge in [0.15, 0.2) is 0 Å². The number of aromatic amines is 1. The van der Waals surface area contributed by atoms with Crippen LogP contribution in [0.25, 0.3) is 0 Å². The summed E-state index contributed by atoms with van der Waals surface area (Å²) in [4.78, 5) is 7.38. The summed E-state index contributed by atoms with van der Waals surface area (Å²) < 4.78 is 0. The second-order valence-electron chi connectivity index (χ2n) is 3.43. The SMILES string of the molecule is C=CCN[C@@](C)(CC=C)c1ncc[nH]1. The molecule has 1 atom stereocenters. The third kappa shape index (κ3) is 2.33. The van der Waals surface area contributed by atoms with Crippen molar-refractivity contribution in [3.05, 3.63) is 43.5 Å². The van der Waals surface area contributed by atoms with Crippen LogP contribution >= 0.6 is 0 Å². The molecule has 0 aromatic carbocycles. The van der Waals surface area contributed by atoms with Gasteiger partial charge in [0.25, 0.3) is 0 Å². The molecule has 3 nitrogen and oxygen atoms in total. The number of nitrogens with one attached hydrogen (secondary N) is 2. The smallest absolute Gasteiger partial charge is 0.126 e. The van der Waals surface area contributed by atoms with Crippen molar-refractivity contribution in [1.82, 2.24) is 15.3 Å². The Morgan fingerprint density at radius 2 is 2.36 bits per heavy atom. The number of H-pyrrole nitrogens is 1. The predicted molar refractivity (Wildman–Crippen MR) is 59.0 cm³/mol. The quantitative estimate of drug-likeness (QED) is 0.675. The van der Waals surface area contributed by atoms with Crippen molar-refractivity contribution in [2.45, 2.75) is 18.9 Å². The van der Waals surface area contributed by atoms with Crippen LogP contribution < -0.4 is 5.32 Å². The summed E-state index contributed by atoms with van der Waals surface area (Å²) in [5, 5.41) is 3.37. The second-order valence-corrected chi connectivity index (χ2v) is 3.43.